The third-order valence-corrected chi connectivity index (χ3v) is 3.22. The lowest BCUT2D eigenvalue weighted by molar-refractivity contribution is -0.116. The van der Waals surface area contributed by atoms with Crippen LogP contribution in [0.1, 0.15) is 16.0 Å². The van der Waals surface area contributed by atoms with Crippen LogP contribution in [0.5, 0.6) is 0 Å². The second-order valence-electron chi connectivity index (χ2n) is 3.99. The van der Waals surface area contributed by atoms with Crippen molar-refractivity contribution in [3.05, 3.63) is 63.9 Å². The summed E-state index contributed by atoms with van der Waals surface area (Å²) in [5.74, 6) is -0.242. The molecule has 0 atom stereocenters. The van der Waals surface area contributed by atoms with E-state index in [0.29, 0.717) is 0 Å². The van der Waals surface area contributed by atoms with Crippen LogP contribution in [0.15, 0.2) is 53.0 Å². The van der Waals surface area contributed by atoms with Gasteiger partial charge in [0.15, 0.2) is 0 Å². The van der Waals surface area contributed by atoms with Crippen LogP contribution in [0.25, 0.3) is 6.08 Å². The molecule has 0 aliphatic rings. The molecule has 2 aromatic rings. The Morgan fingerprint density at radius 1 is 1.26 bits per heavy atom. The number of aryl methyl sites for hydroxylation is 1. The quantitative estimate of drug-likeness (QED) is 0.517. The van der Waals surface area contributed by atoms with Gasteiger partial charge in [0.1, 0.15) is 0 Å². The van der Waals surface area contributed by atoms with Gasteiger partial charge in [0.05, 0.1) is 6.21 Å². The van der Waals surface area contributed by atoms with Crippen LogP contribution in [0, 0.1) is 6.92 Å². The van der Waals surface area contributed by atoms with Gasteiger partial charge in [0.2, 0.25) is 0 Å². The highest BCUT2D eigenvalue weighted by Gasteiger charge is 1.93. The van der Waals surface area contributed by atoms with E-state index < -0.39 is 0 Å². The second-order valence-corrected chi connectivity index (χ2v) is 4.97. The molecule has 0 saturated carbocycles. The number of nitrogens with one attached hydrogen (secondary N) is 1. The van der Waals surface area contributed by atoms with Crippen molar-refractivity contribution in [2.45, 2.75) is 6.92 Å². The monoisotopic (exact) mass is 270 g/mol. The minimum absolute atomic E-state index is 0.242. The number of carbonyl (C=O) groups excluding carboxylic acids is 1. The summed E-state index contributed by atoms with van der Waals surface area (Å²) in [4.78, 5) is 12.5. The normalized spacial score (nSPS) is 11.2. The predicted molar refractivity (Wildman–Crippen MR) is 80.3 cm³/mol. The summed E-state index contributed by atoms with van der Waals surface area (Å²) in [6.45, 7) is 2.03. The fourth-order valence-corrected chi connectivity index (χ4v) is 2.00. The van der Waals surface area contributed by atoms with E-state index in [9.17, 15) is 4.79 Å². The smallest absolute Gasteiger partial charge is 0.264 e. The first-order valence-electron chi connectivity index (χ1n) is 5.85. The third kappa shape index (κ3) is 4.52. The Hall–Kier alpha value is -2.20. The van der Waals surface area contributed by atoms with E-state index in [1.807, 2.05) is 48.7 Å². The summed E-state index contributed by atoms with van der Waals surface area (Å²) >= 11 is 1.57. The van der Waals surface area contributed by atoms with Crippen molar-refractivity contribution in [1.29, 1.82) is 0 Å². The van der Waals surface area contributed by atoms with Crippen molar-refractivity contribution in [2.24, 2.45) is 5.10 Å². The molecule has 1 N–H and O–H groups in total. The van der Waals surface area contributed by atoms with E-state index in [4.69, 9.17) is 0 Å². The molecule has 0 bridgehead atoms. The number of nitrogens with zero attached hydrogens (tertiary/aromatic N) is 1. The van der Waals surface area contributed by atoms with Crippen LogP contribution in [0.4, 0.5) is 0 Å². The van der Waals surface area contributed by atoms with E-state index in [2.05, 4.69) is 10.5 Å². The zero-order valence-corrected chi connectivity index (χ0v) is 11.4. The Morgan fingerprint density at radius 3 is 2.74 bits per heavy atom. The number of amides is 1. The average molecular weight is 270 g/mol. The minimum Gasteiger partial charge on any atom is -0.268 e. The maximum Gasteiger partial charge on any atom is 0.264 e. The largest absolute Gasteiger partial charge is 0.268 e. The van der Waals surface area contributed by atoms with Gasteiger partial charge < -0.3 is 0 Å². The van der Waals surface area contributed by atoms with E-state index in [-0.39, 0.29) is 5.91 Å². The summed E-state index contributed by atoms with van der Waals surface area (Å²) < 4.78 is 0. The second kappa shape index (κ2) is 6.66. The summed E-state index contributed by atoms with van der Waals surface area (Å²) in [5.41, 5.74) is 4.64. The van der Waals surface area contributed by atoms with Gasteiger partial charge in [-0.3, -0.25) is 4.79 Å². The molecule has 96 valence electrons. The number of hydrazone groups is 1. The van der Waals surface area contributed by atoms with Gasteiger partial charge in [-0.25, -0.2) is 5.43 Å². The number of hydrogen-bond acceptors (Lipinski definition) is 3. The average Bonchev–Trinajstić information content (AvgIpc) is 2.91. The van der Waals surface area contributed by atoms with Crippen LogP contribution >= 0.6 is 11.3 Å². The maximum absolute atomic E-state index is 11.5. The molecule has 1 amide bonds. The molecule has 0 aliphatic heterocycles. The van der Waals surface area contributed by atoms with Crippen LogP contribution in [0.2, 0.25) is 0 Å². The van der Waals surface area contributed by atoms with Crippen LogP contribution in [-0.4, -0.2) is 12.1 Å². The van der Waals surface area contributed by atoms with Gasteiger partial charge in [-0.15, -0.1) is 11.3 Å². The van der Waals surface area contributed by atoms with Gasteiger partial charge in [0.25, 0.3) is 5.91 Å². The highest BCUT2D eigenvalue weighted by Crippen LogP contribution is 2.05. The summed E-state index contributed by atoms with van der Waals surface area (Å²) in [6, 6.07) is 11.8. The first-order chi connectivity index (χ1) is 9.24. The first kappa shape index (κ1) is 13.2. The van der Waals surface area contributed by atoms with Gasteiger partial charge in [-0.1, -0.05) is 35.9 Å². The Labute approximate surface area is 116 Å². The molecule has 1 aromatic heterocycles. The van der Waals surface area contributed by atoms with Crippen molar-refractivity contribution >= 4 is 29.5 Å². The SMILES string of the molecule is Cc1ccc(/C=C/C(=O)N/N=C/c2cccs2)cc1. The molecule has 4 heteroatoms. The Balaban J connectivity index is 1.85. The third-order valence-electron chi connectivity index (χ3n) is 2.41. The number of hydrogen-bond donors (Lipinski definition) is 1. The lowest BCUT2D eigenvalue weighted by Gasteiger charge is -1.95. The molecule has 3 nitrogen and oxygen atoms in total. The van der Waals surface area contributed by atoms with Crippen LogP contribution in [-0.2, 0) is 4.79 Å². The van der Waals surface area contributed by atoms with E-state index in [1.54, 1.807) is 23.6 Å². The highest BCUT2D eigenvalue weighted by molar-refractivity contribution is 7.11. The van der Waals surface area contributed by atoms with E-state index >= 15 is 0 Å². The first-order valence-corrected chi connectivity index (χ1v) is 6.73. The molecule has 0 unspecified atom stereocenters. The zero-order chi connectivity index (χ0) is 13.5. The molecule has 0 radical (unpaired) electrons. The number of carbonyl (C=O) groups is 1. The van der Waals surface area contributed by atoms with Crippen LogP contribution in [0.3, 0.4) is 0 Å². The van der Waals surface area contributed by atoms with Gasteiger partial charge in [0, 0.05) is 11.0 Å². The number of rotatable bonds is 4. The lowest BCUT2D eigenvalue weighted by Crippen LogP contribution is -2.13. The van der Waals surface area contributed by atoms with Crippen molar-refractivity contribution in [1.82, 2.24) is 5.43 Å². The Bertz CT molecular complexity index is 583. The summed E-state index contributed by atoms with van der Waals surface area (Å²) in [7, 11) is 0. The molecule has 19 heavy (non-hydrogen) atoms. The molecule has 0 aliphatic carbocycles. The molecule has 0 fully saturated rings. The highest BCUT2D eigenvalue weighted by atomic mass is 32.1. The predicted octanol–water partition coefficient (Wildman–Crippen LogP) is 3.22. The van der Waals surface area contributed by atoms with Crippen molar-refractivity contribution in [3.8, 4) is 0 Å². The van der Waals surface area contributed by atoms with Gasteiger partial charge >= 0.3 is 0 Å². The lowest BCUT2D eigenvalue weighted by atomic mass is 10.1. The molecule has 1 heterocycles. The molecule has 0 saturated heterocycles. The maximum atomic E-state index is 11.5. The minimum atomic E-state index is -0.242. The summed E-state index contributed by atoms with van der Waals surface area (Å²) in [6.07, 6.45) is 4.86. The van der Waals surface area contributed by atoms with Crippen molar-refractivity contribution < 1.29 is 4.79 Å². The molecule has 2 rings (SSSR count). The van der Waals surface area contributed by atoms with Gasteiger partial charge in [-0.05, 0) is 30.0 Å². The van der Waals surface area contributed by atoms with Gasteiger partial charge in [-0.2, -0.15) is 5.10 Å². The Morgan fingerprint density at radius 2 is 2.05 bits per heavy atom. The summed E-state index contributed by atoms with van der Waals surface area (Å²) in [5, 5.41) is 5.83. The van der Waals surface area contributed by atoms with E-state index in [0.717, 1.165) is 10.4 Å². The van der Waals surface area contributed by atoms with E-state index in [1.165, 1.54) is 11.6 Å². The van der Waals surface area contributed by atoms with Crippen molar-refractivity contribution in [2.75, 3.05) is 0 Å². The molecule has 1 aromatic carbocycles. The number of thiophene rings is 1. The zero-order valence-electron chi connectivity index (χ0n) is 10.5. The van der Waals surface area contributed by atoms with Crippen LogP contribution < -0.4 is 5.43 Å². The molecule has 0 spiro atoms. The number of benzene rings is 1. The molecular weight excluding hydrogens is 256 g/mol. The van der Waals surface area contributed by atoms with Crippen molar-refractivity contribution in [3.63, 3.8) is 0 Å². The fourth-order valence-electron chi connectivity index (χ4n) is 1.41. The topological polar surface area (TPSA) is 41.5 Å². The molecular formula is C15H14N2OS. The Kier molecular flexibility index (Phi) is 4.64. The standard InChI is InChI=1S/C15H14N2OS/c1-12-4-6-13(7-5-12)8-9-15(18)17-16-11-14-3-2-10-19-14/h2-11H,1H3,(H,17,18)/b9-8+,16-11+. The fraction of sp³-hybridized carbons (Fsp3) is 0.0667.